The van der Waals surface area contributed by atoms with Gasteiger partial charge in [0, 0.05) is 43.6 Å². The number of anilines is 2. The van der Waals surface area contributed by atoms with Crippen molar-refractivity contribution in [3.8, 4) is 0 Å². The molecule has 0 aliphatic carbocycles. The van der Waals surface area contributed by atoms with Crippen LogP contribution in [0.2, 0.25) is 0 Å². The second kappa shape index (κ2) is 5.38. The van der Waals surface area contributed by atoms with Crippen LogP contribution >= 0.6 is 0 Å². The number of fused-ring (bicyclic) bond motifs is 1. The van der Waals surface area contributed by atoms with Crippen molar-refractivity contribution in [2.45, 2.75) is 38.8 Å². The smallest absolute Gasteiger partial charge is 0.410 e. The molecule has 0 spiro atoms. The van der Waals surface area contributed by atoms with E-state index in [1.54, 1.807) is 4.90 Å². The van der Waals surface area contributed by atoms with Crippen LogP contribution in [0.15, 0.2) is 18.2 Å². The van der Waals surface area contributed by atoms with E-state index < -0.39 is 5.60 Å². The molecule has 120 valence electrons. The van der Waals surface area contributed by atoms with Crippen molar-refractivity contribution in [3.63, 3.8) is 0 Å². The van der Waals surface area contributed by atoms with E-state index in [1.807, 2.05) is 27.8 Å². The highest BCUT2D eigenvalue weighted by molar-refractivity contribution is 5.72. The Balaban J connectivity index is 1.61. The molecule has 0 radical (unpaired) electrons. The molecule has 0 saturated carbocycles. The van der Waals surface area contributed by atoms with E-state index in [0.717, 1.165) is 26.1 Å². The van der Waals surface area contributed by atoms with Gasteiger partial charge in [0.2, 0.25) is 0 Å². The summed E-state index contributed by atoms with van der Waals surface area (Å²) in [6.45, 7) is 8.43. The minimum Gasteiger partial charge on any atom is -0.444 e. The lowest BCUT2D eigenvalue weighted by Crippen LogP contribution is -2.60. The Labute approximate surface area is 132 Å². The number of benzene rings is 1. The number of nitrogens with zero attached hydrogens (tertiary/aromatic N) is 2. The number of amides is 1. The fourth-order valence-corrected chi connectivity index (χ4v) is 3.00. The lowest BCUT2D eigenvalue weighted by atomic mass is 10.0. The molecule has 0 unspecified atom stereocenters. The molecule has 2 aliphatic heterocycles. The number of ether oxygens (including phenoxy) is 1. The van der Waals surface area contributed by atoms with Crippen molar-refractivity contribution in [3.05, 3.63) is 23.8 Å². The van der Waals surface area contributed by atoms with Crippen LogP contribution in [0, 0.1) is 0 Å². The Morgan fingerprint density at radius 2 is 2.09 bits per heavy atom. The summed E-state index contributed by atoms with van der Waals surface area (Å²) in [5.74, 6) is 0. The molecule has 0 atom stereocenters. The van der Waals surface area contributed by atoms with E-state index in [2.05, 4.69) is 28.4 Å². The van der Waals surface area contributed by atoms with E-state index in [-0.39, 0.29) is 12.1 Å². The third-order valence-corrected chi connectivity index (χ3v) is 4.27. The maximum atomic E-state index is 12.1. The predicted molar refractivity (Wildman–Crippen MR) is 88.6 cm³/mol. The minimum atomic E-state index is -0.444. The highest BCUT2D eigenvalue weighted by atomic mass is 16.6. The van der Waals surface area contributed by atoms with Crippen molar-refractivity contribution >= 4 is 17.5 Å². The molecule has 1 fully saturated rings. The molecular formula is C17H25N3O2. The standard InChI is InChI=1S/C17H25N3O2/c1-17(2,3)22-16(21)19(4)12-10-20(11-12)15-7-5-6-14-13(15)8-9-18-14/h5-7,12,18H,8-11H2,1-4H3. The number of likely N-dealkylation sites (N-methyl/N-ethyl adjacent to an activating group) is 1. The molecule has 1 saturated heterocycles. The van der Waals surface area contributed by atoms with E-state index in [1.165, 1.54) is 16.9 Å². The molecule has 5 nitrogen and oxygen atoms in total. The van der Waals surface area contributed by atoms with E-state index in [9.17, 15) is 4.79 Å². The summed E-state index contributed by atoms with van der Waals surface area (Å²) < 4.78 is 5.43. The van der Waals surface area contributed by atoms with Crippen molar-refractivity contribution in [2.75, 3.05) is 36.9 Å². The summed E-state index contributed by atoms with van der Waals surface area (Å²) in [5, 5.41) is 3.41. The molecule has 22 heavy (non-hydrogen) atoms. The maximum absolute atomic E-state index is 12.1. The Morgan fingerprint density at radius 3 is 2.77 bits per heavy atom. The predicted octanol–water partition coefficient (Wildman–Crippen LogP) is 2.71. The molecule has 1 aromatic carbocycles. The van der Waals surface area contributed by atoms with Gasteiger partial charge in [-0.1, -0.05) is 6.07 Å². The van der Waals surface area contributed by atoms with E-state index >= 15 is 0 Å². The van der Waals surface area contributed by atoms with Crippen LogP contribution in [0.25, 0.3) is 0 Å². The first-order valence-electron chi connectivity index (χ1n) is 7.92. The molecule has 0 bridgehead atoms. The van der Waals surface area contributed by atoms with Gasteiger partial charge in [-0.3, -0.25) is 0 Å². The topological polar surface area (TPSA) is 44.8 Å². The SMILES string of the molecule is CN(C(=O)OC(C)(C)C)C1CN(c2cccc3c2CCN3)C1. The van der Waals surface area contributed by atoms with Crippen molar-refractivity contribution in [2.24, 2.45) is 0 Å². The highest BCUT2D eigenvalue weighted by Gasteiger charge is 2.35. The number of nitrogens with one attached hydrogen (secondary N) is 1. The Kier molecular flexibility index (Phi) is 3.67. The van der Waals surface area contributed by atoms with E-state index in [4.69, 9.17) is 4.74 Å². The molecule has 5 heteroatoms. The molecule has 3 rings (SSSR count). The summed E-state index contributed by atoms with van der Waals surface area (Å²) in [7, 11) is 1.83. The lowest BCUT2D eigenvalue weighted by Gasteiger charge is -2.45. The summed E-state index contributed by atoms with van der Waals surface area (Å²) >= 11 is 0. The highest BCUT2D eigenvalue weighted by Crippen LogP contribution is 2.34. The average molecular weight is 303 g/mol. The van der Waals surface area contributed by atoms with Crippen LogP contribution < -0.4 is 10.2 Å². The van der Waals surface area contributed by atoms with Crippen molar-refractivity contribution in [1.82, 2.24) is 4.90 Å². The van der Waals surface area contributed by atoms with Gasteiger partial charge in [-0.2, -0.15) is 0 Å². The van der Waals surface area contributed by atoms with Crippen LogP contribution in [0.4, 0.5) is 16.2 Å². The van der Waals surface area contributed by atoms with Crippen molar-refractivity contribution < 1.29 is 9.53 Å². The maximum Gasteiger partial charge on any atom is 0.410 e. The summed E-state index contributed by atoms with van der Waals surface area (Å²) in [6.07, 6.45) is 0.839. The molecule has 1 amide bonds. The third kappa shape index (κ3) is 2.85. The van der Waals surface area contributed by atoms with E-state index in [0.29, 0.717) is 0 Å². The van der Waals surface area contributed by atoms with Gasteiger partial charge in [0.1, 0.15) is 5.60 Å². The van der Waals surface area contributed by atoms with Gasteiger partial charge in [-0.25, -0.2) is 4.79 Å². The van der Waals surface area contributed by atoms with Crippen LogP contribution in [-0.4, -0.2) is 49.3 Å². The lowest BCUT2D eigenvalue weighted by molar-refractivity contribution is 0.0197. The van der Waals surface area contributed by atoms with Gasteiger partial charge in [0.25, 0.3) is 0 Å². The summed E-state index contributed by atoms with van der Waals surface area (Å²) in [5.41, 5.74) is 3.51. The summed E-state index contributed by atoms with van der Waals surface area (Å²) in [4.78, 5) is 16.2. The third-order valence-electron chi connectivity index (χ3n) is 4.27. The second-order valence-corrected chi connectivity index (χ2v) is 7.13. The molecular weight excluding hydrogens is 278 g/mol. The van der Waals surface area contributed by atoms with Crippen LogP contribution in [0.5, 0.6) is 0 Å². The quantitative estimate of drug-likeness (QED) is 0.912. The fourth-order valence-electron chi connectivity index (χ4n) is 3.00. The average Bonchev–Trinajstić information content (AvgIpc) is 2.83. The van der Waals surface area contributed by atoms with Gasteiger partial charge < -0.3 is 19.9 Å². The zero-order chi connectivity index (χ0) is 15.9. The molecule has 1 aromatic rings. The normalized spacial score (nSPS) is 17.5. The van der Waals surface area contributed by atoms with Gasteiger partial charge in [0.05, 0.1) is 6.04 Å². The van der Waals surface area contributed by atoms with Crippen molar-refractivity contribution in [1.29, 1.82) is 0 Å². The number of carbonyl (C=O) groups excluding carboxylic acids is 1. The Bertz CT molecular complexity index is 574. The zero-order valence-electron chi connectivity index (χ0n) is 13.8. The number of carbonyl (C=O) groups is 1. The monoisotopic (exact) mass is 303 g/mol. The first-order chi connectivity index (χ1) is 10.3. The number of hydrogen-bond acceptors (Lipinski definition) is 4. The number of rotatable bonds is 2. The first-order valence-corrected chi connectivity index (χ1v) is 7.92. The largest absolute Gasteiger partial charge is 0.444 e. The number of hydrogen-bond donors (Lipinski definition) is 1. The van der Waals surface area contributed by atoms with Gasteiger partial charge in [-0.05, 0) is 39.3 Å². The first kappa shape index (κ1) is 15.0. The minimum absolute atomic E-state index is 0.222. The van der Waals surface area contributed by atoms with Crippen LogP contribution in [0.3, 0.4) is 0 Å². The van der Waals surface area contributed by atoms with Gasteiger partial charge >= 0.3 is 6.09 Å². The molecule has 1 N–H and O–H groups in total. The zero-order valence-corrected chi connectivity index (χ0v) is 13.8. The molecule has 2 aliphatic rings. The molecule has 2 heterocycles. The molecule has 0 aromatic heterocycles. The second-order valence-electron chi connectivity index (χ2n) is 7.13. The van der Waals surface area contributed by atoms with Gasteiger partial charge in [0.15, 0.2) is 0 Å². The Morgan fingerprint density at radius 1 is 1.36 bits per heavy atom. The fraction of sp³-hybridized carbons (Fsp3) is 0.588. The van der Waals surface area contributed by atoms with Gasteiger partial charge in [-0.15, -0.1) is 0 Å². The van der Waals surface area contributed by atoms with Crippen LogP contribution in [-0.2, 0) is 11.2 Å². The van der Waals surface area contributed by atoms with Crippen LogP contribution in [0.1, 0.15) is 26.3 Å². The summed E-state index contributed by atoms with van der Waals surface area (Å²) in [6, 6.07) is 6.63. The Hall–Kier alpha value is -1.91.